The molecule has 0 heterocycles. The van der Waals surface area contributed by atoms with Gasteiger partial charge in [-0.15, -0.1) is 0 Å². The van der Waals surface area contributed by atoms with Crippen molar-refractivity contribution in [2.24, 2.45) is 10.8 Å². The maximum absolute atomic E-state index is 12.0. The lowest BCUT2D eigenvalue weighted by atomic mass is 9.63. The number of carbonyl (C=O) groups is 2. The van der Waals surface area contributed by atoms with Crippen molar-refractivity contribution in [3.8, 4) is 0 Å². The summed E-state index contributed by atoms with van der Waals surface area (Å²) >= 11 is 1.13. The van der Waals surface area contributed by atoms with Gasteiger partial charge in [0, 0.05) is 5.41 Å². The third kappa shape index (κ3) is 3.33. The lowest BCUT2D eigenvalue weighted by molar-refractivity contribution is -0.135. The fourth-order valence-corrected chi connectivity index (χ4v) is 1.52. The molecule has 0 aliphatic rings. The minimum Gasteiger partial charge on any atom is -0.299 e. The van der Waals surface area contributed by atoms with Crippen molar-refractivity contribution in [3.05, 3.63) is 0 Å². The molecule has 3 heteroatoms. The van der Waals surface area contributed by atoms with Gasteiger partial charge in [-0.1, -0.05) is 52.8 Å². The van der Waals surface area contributed by atoms with Gasteiger partial charge in [-0.3, -0.25) is 9.59 Å². The Morgan fingerprint density at radius 1 is 1.13 bits per heavy atom. The predicted octanol–water partition coefficient (Wildman–Crippen LogP) is 3.30. The van der Waals surface area contributed by atoms with Crippen LogP contribution in [0.25, 0.3) is 0 Å². The van der Waals surface area contributed by atoms with Gasteiger partial charge in [-0.2, -0.15) is 0 Å². The first-order chi connectivity index (χ1) is 6.69. The average Bonchev–Trinajstić information content (AvgIpc) is 2.17. The van der Waals surface area contributed by atoms with Crippen molar-refractivity contribution in [2.75, 3.05) is 6.26 Å². The van der Waals surface area contributed by atoms with Gasteiger partial charge in [-0.25, -0.2) is 0 Å². The number of hydrogen-bond acceptors (Lipinski definition) is 3. The molecule has 0 aliphatic carbocycles. The highest BCUT2D eigenvalue weighted by molar-refractivity contribution is 8.13. The second kappa shape index (κ2) is 5.15. The van der Waals surface area contributed by atoms with E-state index in [1.54, 1.807) is 6.26 Å². The Morgan fingerprint density at radius 2 is 1.60 bits per heavy atom. The second-order valence-electron chi connectivity index (χ2n) is 5.04. The number of rotatable bonds is 5. The van der Waals surface area contributed by atoms with Crippen LogP contribution in [-0.2, 0) is 9.59 Å². The van der Waals surface area contributed by atoms with E-state index in [4.69, 9.17) is 0 Å². The van der Waals surface area contributed by atoms with E-state index in [0.717, 1.165) is 18.2 Å². The quantitative estimate of drug-likeness (QED) is 0.680. The Labute approximate surface area is 97.2 Å². The van der Waals surface area contributed by atoms with Gasteiger partial charge < -0.3 is 0 Å². The van der Waals surface area contributed by atoms with Gasteiger partial charge in [0.25, 0.3) is 0 Å². The van der Waals surface area contributed by atoms with Gasteiger partial charge >= 0.3 is 0 Å². The third-order valence-corrected chi connectivity index (χ3v) is 4.41. The molecule has 0 radical (unpaired) electrons. The molecule has 0 rings (SSSR count). The van der Waals surface area contributed by atoms with Crippen LogP contribution in [0.4, 0.5) is 0 Å². The molecule has 0 saturated carbocycles. The monoisotopic (exact) mass is 230 g/mol. The van der Waals surface area contributed by atoms with E-state index >= 15 is 0 Å². The van der Waals surface area contributed by atoms with E-state index in [0.29, 0.717) is 0 Å². The summed E-state index contributed by atoms with van der Waals surface area (Å²) in [5.74, 6) is 0.0497. The highest BCUT2D eigenvalue weighted by atomic mass is 32.2. The Morgan fingerprint density at radius 3 is 1.93 bits per heavy atom. The molecule has 0 aliphatic heterocycles. The minimum absolute atomic E-state index is 0.0417. The number of hydrogen-bond donors (Lipinski definition) is 0. The zero-order valence-electron chi connectivity index (χ0n) is 10.6. The largest absolute Gasteiger partial charge is 0.299 e. The highest BCUT2D eigenvalue weighted by Gasteiger charge is 2.41. The zero-order valence-corrected chi connectivity index (χ0v) is 11.5. The van der Waals surface area contributed by atoms with Crippen LogP contribution in [0.5, 0.6) is 0 Å². The van der Waals surface area contributed by atoms with E-state index in [-0.39, 0.29) is 22.7 Å². The fraction of sp³-hybridized carbons (Fsp3) is 0.833. The van der Waals surface area contributed by atoms with Crippen LogP contribution >= 0.6 is 11.8 Å². The summed E-state index contributed by atoms with van der Waals surface area (Å²) in [6.07, 6.45) is 2.70. The molecule has 0 aromatic heterocycles. The van der Waals surface area contributed by atoms with Crippen molar-refractivity contribution in [3.63, 3.8) is 0 Å². The summed E-state index contributed by atoms with van der Waals surface area (Å²) in [5, 5.41) is -0.0417. The first-order valence-electron chi connectivity index (χ1n) is 5.29. The minimum atomic E-state index is -0.437. The average molecular weight is 230 g/mol. The first kappa shape index (κ1) is 14.7. The molecule has 2 nitrogen and oxygen atoms in total. The van der Waals surface area contributed by atoms with Crippen LogP contribution in [0.1, 0.15) is 47.5 Å². The Hall–Kier alpha value is -0.310. The topological polar surface area (TPSA) is 34.1 Å². The molecule has 0 bridgehead atoms. The van der Waals surface area contributed by atoms with Crippen molar-refractivity contribution in [2.45, 2.75) is 47.5 Å². The van der Waals surface area contributed by atoms with E-state index in [2.05, 4.69) is 20.8 Å². The molecule has 0 saturated heterocycles. The van der Waals surface area contributed by atoms with Crippen molar-refractivity contribution in [1.29, 1.82) is 0 Å². The number of Topliss-reactive ketones (excluding diaryl/α,β-unsaturated/α-hetero) is 1. The molecule has 0 amide bonds. The number of ketones is 1. The second-order valence-corrected chi connectivity index (χ2v) is 5.90. The molecule has 0 aromatic carbocycles. The molecule has 0 spiro atoms. The lowest BCUT2D eigenvalue weighted by Gasteiger charge is -2.39. The molecule has 15 heavy (non-hydrogen) atoms. The summed E-state index contributed by atoms with van der Waals surface area (Å²) in [6, 6.07) is 0. The standard InChI is InChI=1S/C12H22O2S/c1-7-11(2,3)12(4,5)9(13)8-10(14)15-6/h7-8H2,1-6H3. The summed E-state index contributed by atoms with van der Waals surface area (Å²) in [7, 11) is 0. The Bertz CT molecular complexity index is 254. The van der Waals surface area contributed by atoms with Crippen LogP contribution < -0.4 is 0 Å². The summed E-state index contributed by atoms with van der Waals surface area (Å²) < 4.78 is 0. The third-order valence-electron chi connectivity index (χ3n) is 3.81. The summed E-state index contributed by atoms with van der Waals surface area (Å²) in [6.45, 7) is 10.1. The fourth-order valence-electron chi connectivity index (χ4n) is 1.24. The van der Waals surface area contributed by atoms with Gasteiger partial charge in [0.2, 0.25) is 0 Å². The van der Waals surface area contributed by atoms with Gasteiger partial charge in [0.15, 0.2) is 5.12 Å². The normalized spacial score (nSPS) is 12.7. The van der Waals surface area contributed by atoms with Crippen molar-refractivity contribution in [1.82, 2.24) is 0 Å². The zero-order chi connectivity index (χ0) is 12.3. The van der Waals surface area contributed by atoms with E-state index < -0.39 is 5.41 Å². The molecule has 0 aromatic rings. The molecule has 0 N–H and O–H groups in total. The van der Waals surface area contributed by atoms with Gasteiger partial charge in [-0.05, 0) is 11.7 Å². The predicted molar refractivity (Wildman–Crippen MR) is 66.0 cm³/mol. The molecule has 88 valence electrons. The molecule has 0 atom stereocenters. The van der Waals surface area contributed by atoms with E-state index in [1.807, 2.05) is 13.8 Å². The molecular weight excluding hydrogens is 208 g/mol. The number of carbonyl (C=O) groups excluding carboxylic acids is 2. The van der Waals surface area contributed by atoms with Gasteiger partial charge in [0.05, 0.1) is 6.42 Å². The SMILES string of the molecule is CCC(C)(C)C(C)(C)C(=O)CC(=O)SC. The Kier molecular flexibility index (Phi) is 5.04. The maximum atomic E-state index is 12.0. The van der Waals surface area contributed by atoms with Crippen LogP contribution in [0.15, 0.2) is 0 Å². The Balaban J connectivity index is 4.73. The van der Waals surface area contributed by atoms with E-state index in [1.165, 1.54) is 0 Å². The smallest absolute Gasteiger partial charge is 0.196 e. The van der Waals surface area contributed by atoms with Crippen LogP contribution in [-0.4, -0.2) is 17.2 Å². The first-order valence-corrected chi connectivity index (χ1v) is 6.51. The lowest BCUT2D eigenvalue weighted by Crippen LogP contribution is -2.39. The summed E-state index contributed by atoms with van der Waals surface area (Å²) in [5.41, 5.74) is -0.504. The molecule has 0 unspecified atom stereocenters. The van der Waals surface area contributed by atoms with Crippen LogP contribution in [0.3, 0.4) is 0 Å². The van der Waals surface area contributed by atoms with Crippen LogP contribution in [0.2, 0.25) is 0 Å². The van der Waals surface area contributed by atoms with Crippen molar-refractivity contribution >= 4 is 22.7 Å². The van der Waals surface area contributed by atoms with Crippen molar-refractivity contribution < 1.29 is 9.59 Å². The van der Waals surface area contributed by atoms with E-state index in [9.17, 15) is 9.59 Å². The van der Waals surface area contributed by atoms with Crippen LogP contribution in [0, 0.1) is 10.8 Å². The molecular formula is C12H22O2S. The molecule has 0 fully saturated rings. The summed E-state index contributed by atoms with van der Waals surface area (Å²) in [4.78, 5) is 23.2. The highest BCUT2D eigenvalue weighted by Crippen LogP contribution is 2.42. The van der Waals surface area contributed by atoms with Gasteiger partial charge in [0.1, 0.15) is 5.78 Å². The maximum Gasteiger partial charge on any atom is 0.196 e. The number of thioether (sulfide) groups is 1.